The van der Waals surface area contributed by atoms with Crippen LogP contribution >= 0.6 is 0 Å². The van der Waals surface area contributed by atoms with Gasteiger partial charge in [0.1, 0.15) is 12.4 Å². The Morgan fingerprint density at radius 2 is 1.93 bits per heavy atom. The van der Waals surface area contributed by atoms with Crippen molar-refractivity contribution in [1.29, 1.82) is 0 Å². The van der Waals surface area contributed by atoms with Gasteiger partial charge in [-0.05, 0) is 45.4 Å². The second-order valence-electron chi connectivity index (χ2n) is 7.75. The smallest absolute Gasteiger partial charge is 0.236 e. The van der Waals surface area contributed by atoms with Gasteiger partial charge in [0.15, 0.2) is 0 Å². The fraction of sp³-hybridized carbons (Fsp3) is 0.381. The fourth-order valence-corrected chi connectivity index (χ4v) is 4.44. The molecule has 2 aromatic rings. The predicted molar refractivity (Wildman–Crippen MR) is 111 cm³/mol. The molecule has 7 heteroatoms. The molecule has 1 N–H and O–H groups in total. The standard InChI is InChI=1S/C21H26N2O4S/c1-5-23-18-10-9-17(12-19(18)27-14-21(3,4)20(23)24)22-28(25,26)13-16-8-6-7-15(2)11-16/h6-12,22H,5,13-14H2,1-4H3. The van der Waals surface area contributed by atoms with Crippen molar-refractivity contribution in [1.82, 2.24) is 0 Å². The van der Waals surface area contributed by atoms with Crippen LogP contribution in [0, 0.1) is 12.3 Å². The van der Waals surface area contributed by atoms with E-state index in [0.717, 1.165) is 11.1 Å². The summed E-state index contributed by atoms with van der Waals surface area (Å²) in [5.41, 5.74) is 2.15. The van der Waals surface area contributed by atoms with Gasteiger partial charge in [-0.25, -0.2) is 8.42 Å². The molecule has 0 unspecified atom stereocenters. The van der Waals surface area contributed by atoms with Crippen molar-refractivity contribution >= 4 is 27.3 Å². The van der Waals surface area contributed by atoms with Gasteiger partial charge in [-0.2, -0.15) is 0 Å². The Hall–Kier alpha value is -2.54. The van der Waals surface area contributed by atoms with Gasteiger partial charge in [-0.3, -0.25) is 9.52 Å². The second-order valence-corrected chi connectivity index (χ2v) is 9.48. The average Bonchev–Trinajstić information content (AvgIpc) is 2.69. The second kappa shape index (κ2) is 7.47. The first kappa shape index (κ1) is 20.2. The lowest BCUT2D eigenvalue weighted by atomic mass is 9.93. The largest absolute Gasteiger partial charge is 0.490 e. The number of hydrogen-bond acceptors (Lipinski definition) is 4. The normalized spacial score (nSPS) is 16.1. The maximum atomic E-state index is 12.7. The molecule has 0 radical (unpaired) electrons. The van der Waals surface area contributed by atoms with Gasteiger partial charge in [-0.1, -0.05) is 29.8 Å². The van der Waals surface area contributed by atoms with Crippen molar-refractivity contribution in [3.63, 3.8) is 0 Å². The Morgan fingerprint density at radius 3 is 2.61 bits per heavy atom. The van der Waals surface area contributed by atoms with E-state index < -0.39 is 15.4 Å². The van der Waals surface area contributed by atoms with Gasteiger partial charge < -0.3 is 9.64 Å². The number of anilines is 2. The van der Waals surface area contributed by atoms with Crippen LogP contribution in [-0.4, -0.2) is 27.5 Å². The molecule has 0 atom stereocenters. The molecular formula is C21H26N2O4S. The molecule has 1 aliphatic heterocycles. The van der Waals surface area contributed by atoms with E-state index in [1.165, 1.54) is 0 Å². The van der Waals surface area contributed by atoms with Gasteiger partial charge in [0.25, 0.3) is 0 Å². The van der Waals surface area contributed by atoms with Crippen LogP contribution in [0.3, 0.4) is 0 Å². The number of benzene rings is 2. The van der Waals surface area contributed by atoms with Crippen molar-refractivity contribution in [3.8, 4) is 5.75 Å². The molecule has 28 heavy (non-hydrogen) atoms. The monoisotopic (exact) mass is 402 g/mol. The first-order valence-corrected chi connectivity index (χ1v) is 10.9. The number of hydrogen-bond donors (Lipinski definition) is 1. The summed E-state index contributed by atoms with van der Waals surface area (Å²) >= 11 is 0. The lowest BCUT2D eigenvalue weighted by Gasteiger charge is -2.26. The molecule has 0 aromatic heterocycles. The van der Waals surface area contributed by atoms with Gasteiger partial charge >= 0.3 is 0 Å². The van der Waals surface area contributed by atoms with Crippen LogP contribution < -0.4 is 14.4 Å². The Balaban J connectivity index is 1.86. The van der Waals surface area contributed by atoms with Gasteiger partial charge in [0.2, 0.25) is 15.9 Å². The third-order valence-corrected chi connectivity index (χ3v) is 5.95. The minimum absolute atomic E-state index is 0.0125. The van der Waals surface area contributed by atoms with Crippen LogP contribution in [0.4, 0.5) is 11.4 Å². The van der Waals surface area contributed by atoms with Crippen LogP contribution in [0.1, 0.15) is 31.9 Å². The highest BCUT2D eigenvalue weighted by atomic mass is 32.2. The Kier molecular flexibility index (Phi) is 5.39. The Morgan fingerprint density at radius 1 is 1.18 bits per heavy atom. The summed E-state index contributed by atoms with van der Waals surface area (Å²) in [4.78, 5) is 14.4. The minimum atomic E-state index is -3.58. The third kappa shape index (κ3) is 4.30. The summed E-state index contributed by atoms with van der Waals surface area (Å²) < 4.78 is 33.6. The average molecular weight is 403 g/mol. The molecule has 1 amide bonds. The van der Waals surface area contributed by atoms with Gasteiger partial charge in [0, 0.05) is 12.6 Å². The Labute approximate surface area is 166 Å². The van der Waals surface area contributed by atoms with Crippen molar-refractivity contribution in [3.05, 3.63) is 53.6 Å². The van der Waals surface area contributed by atoms with Crippen LogP contribution in [0.15, 0.2) is 42.5 Å². The molecule has 1 heterocycles. The van der Waals surface area contributed by atoms with E-state index in [-0.39, 0.29) is 18.3 Å². The third-order valence-electron chi connectivity index (χ3n) is 4.69. The number of fused-ring (bicyclic) bond motifs is 1. The van der Waals surface area contributed by atoms with E-state index in [9.17, 15) is 13.2 Å². The highest BCUT2D eigenvalue weighted by Crippen LogP contribution is 2.38. The van der Waals surface area contributed by atoms with Crippen LogP contribution in [-0.2, 0) is 20.6 Å². The number of ether oxygens (including phenoxy) is 1. The molecule has 0 fully saturated rings. The lowest BCUT2D eigenvalue weighted by molar-refractivity contribution is -0.127. The van der Waals surface area contributed by atoms with E-state index >= 15 is 0 Å². The number of carbonyl (C=O) groups excluding carboxylic acids is 1. The van der Waals surface area contributed by atoms with Crippen LogP contribution in [0.25, 0.3) is 0 Å². The molecular weight excluding hydrogens is 376 g/mol. The summed E-state index contributed by atoms with van der Waals surface area (Å²) in [6, 6.07) is 12.4. The number of aryl methyl sites for hydroxylation is 1. The van der Waals surface area contributed by atoms with E-state index in [1.54, 1.807) is 29.2 Å². The van der Waals surface area contributed by atoms with E-state index in [2.05, 4.69) is 4.72 Å². The number of nitrogens with one attached hydrogen (secondary N) is 1. The molecule has 0 aliphatic carbocycles. The zero-order valence-electron chi connectivity index (χ0n) is 16.7. The molecule has 6 nitrogen and oxygen atoms in total. The van der Waals surface area contributed by atoms with Crippen LogP contribution in [0.5, 0.6) is 5.75 Å². The minimum Gasteiger partial charge on any atom is -0.490 e. The molecule has 0 bridgehead atoms. The SMILES string of the molecule is CCN1C(=O)C(C)(C)COc2cc(NS(=O)(=O)Cc3cccc(C)c3)ccc21. The maximum Gasteiger partial charge on any atom is 0.236 e. The number of amides is 1. The quantitative estimate of drug-likeness (QED) is 0.827. The highest BCUT2D eigenvalue weighted by molar-refractivity contribution is 7.91. The van der Waals surface area contributed by atoms with Gasteiger partial charge in [-0.15, -0.1) is 0 Å². The molecule has 1 aliphatic rings. The molecule has 150 valence electrons. The van der Waals surface area contributed by atoms with Crippen LogP contribution in [0.2, 0.25) is 0 Å². The molecule has 0 spiro atoms. The summed E-state index contributed by atoms with van der Waals surface area (Å²) in [7, 11) is -3.58. The van der Waals surface area contributed by atoms with E-state index in [4.69, 9.17) is 4.74 Å². The van der Waals surface area contributed by atoms with Crippen molar-refractivity contribution in [2.24, 2.45) is 5.41 Å². The molecule has 2 aromatic carbocycles. The zero-order valence-corrected chi connectivity index (χ0v) is 17.5. The van der Waals surface area contributed by atoms with Crippen molar-refractivity contribution < 1.29 is 17.9 Å². The Bertz CT molecular complexity index is 999. The fourth-order valence-electron chi connectivity index (χ4n) is 3.26. The van der Waals surface area contributed by atoms with E-state index in [1.807, 2.05) is 45.9 Å². The maximum absolute atomic E-state index is 12.7. The summed E-state index contributed by atoms with van der Waals surface area (Å²) in [6.07, 6.45) is 0. The topological polar surface area (TPSA) is 75.7 Å². The first-order chi connectivity index (χ1) is 13.1. The van der Waals surface area contributed by atoms with Crippen molar-refractivity contribution in [2.45, 2.75) is 33.4 Å². The number of sulfonamides is 1. The zero-order chi connectivity index (χ0) is 20.5. The molecule has 0 saturated heterocycles. The first-order valence-electron chi connectivity index (χ1n) is 9.26. The predicted octanol–water partition coefficient (Wildman–Crippen LogP) is 3.71. The number of rotatable bonds is 5. The summed E-state index contributed by atoms with van der Waals surface area (Å²) in [5.74, 6) is 0.372. The molecule has 3 rings (SSSR count). The lowest BCUT2D eigenvalue weighted by Crippen LogP contribution is -2.42. The van der Waals surface area contributed by atoms with E-state index in [0.29, 0.717) is 23.7 Å². The number of nitrogens with zero attached hydrogens (tertiary/aromatic N) is 1. The molecule has 0 saturated carbocycles. The van der Waals surface area contributed by atoms with Gasteiger partial charge in [0.05, 0.1) is 22.5 Å². The summed E-state index contributed by atoms with van der Waals surface area (Å²) in [6.45, 7) is 8.26. The number of carbonyl (C=O) groups is 1. The van der Waals surface area contributed by atoms with Crippen molar-refractivity contribution in [2.75, 3.05) is 22.8 Å². The highest BCUT2D eigenvalue weighted by Gasteiger charge is 2.37. The summed E-state index contributed by atoms with van der Waals surface area (Å²) in [5, 5.41) is 0.